The Morgan fingerprint density at radius 2 is 1.93 bits per heavy atom. The second kappa shape index (κ2) is 7.90. The van der Waals surface area contributed by atoms with Gasteiger partial charge in [0.2, 0.25) is 0 Å². The van der Waals surface area contributed by atoms with Gasteiger partial charge >= 0.3 is 6.09 Å². The number of anilines is 2. The lowest BCUT2D eigenvalue weighted by Crippen LogP contribution is -2.43. The predicted molar refractivity (Wildman–Crippen MR) is 102 cm³/mol. The van der Waals surface area contributed by atoms with Crippen LogP contribution in [0.5, 0.6) is 0 Å². The first-order chi connectivity index (χ1) is 12.7. The SMILES string of the molecule is CC(C)(C)NC(=O)O[C@@H]1CCN(c2cc(Cl)cc(N3CCOCC3)n2)C1=O. The van der Waals surface area contributed by atoms with E-state index in [1.165, 1.54) is 4.90 Å². The number of alkyl carbamates (subject to hydrolysis) is 1. The molecule has 3 rings (SSSR count). The number of halogens is 1. The Morgan fingerprint density at radius 3 is 2.59 bits per heavy atom. The smallest absolute Gasteiger partial charge is 0.408 e. The van der Waals surface area contributed by atoms with E-state index in [4.69, 9.17) is 21.1 Å². The summed E-state index contributed by atoms with van der Waals surface area (Å²) in [6.07, 6.45) is -1.01. The number of hydrogen-bond acceptors (Lipinski definition) is 6. The molecule has 1 N–H and O–H groups in total. The van der Waals surface area contributed by atoms with Crippen molar-refractivity contribution < 1.29 is 19.1 Å². The van der Waals surface area contributed by atoms with Crippen molar-refractivity contribution in [2.45, 2.75) is 38.8 Å². The molecule has 1 aromatic rings. The summed E-state index contributed by atoms with van der Waals surface area (Å²) in [6.45, 7) is 8.66. The molecular weight excluding hydrogens is 372 g/mol. The van der Waals surface area contributed by atoms with Gasteiger partial charge in [-0.1, -0.05) is 11.6 Å². The molecule has 0 aliphatic carbocycles. The zero-order valence-corrected chi connectivity index (χ0v) is 16.6. The molecule has 2 fully saturated rings. The number of carbonyl (C=O) groups excluding carboxylic acids is 2. The maximum Gasteiger partial charge on any atom is 0.408 e. The minimum atomic E-state index is -0.819. The number of aromatic nitrogens is 1. The summed E-state index contributed by atoms with van der Waals surface area (Å²) in [6, 6.07) is 3.43. The Bertz CT molecular complexity index is 716. The maximum atomic E-state index is 12.7. The molecule has 9 heteroatoms. The molecule has 8 nitrogen and oxygen atoms in total. The van der Waals surface area contributed by atoms with Crippen LogP contribution in [0.15, 0.2) is 12.1 Å². The summed E-state index contributed by atoms with van der Waals surface area (Å²) < 4.78 is 10.7. The van der Waals surface area contributed by atoms with Crippen LogP contribution in [0, 0.1) is 0 Å². The van der Waals surface area contributed by atoms with Crippen molar-refractivity contribution in [1.29, 1.82) is 0 Å². The summed E-state index contributed by atoms with van der Waals surface area (Å²) in [5.74, 6) is 0.890. The highest BCUT2D eigenvalue weighted by Crippen LogP contribution is 2.28. The van der Waals surface area contributed by atoms with E-state index in [9.17, 15) is 9.59 Å². The van der Waals surface area contributed by atoms with E-state index in [2.05, 4.69) is 15.2 Å². The molecule has 0 spiro atoms. The maximum absolute atomic E-state index is 12.7. The van der Waals surface area contributed by atoms with Crippen LogP contribution in [0.3, 0.4) is 0 Å². The van der Waals surface area contributed by atoms with Gasteiger partial charge in [0.05, 0.1) is 13.2 Å². The third-order valence-corrected chi connectivity index (χ3v) is 4.48. The highest BCUT2D eigenvalue weighted by molar-refractivity contribution is 6.31. The van der Waals surface area contributed by atoms with Gasteiger partial charge < -0.3 is 19.7 Å². The molecule has 27 heavy (non-hydrogen) atoms. The van der Waals surface area contributed by atoms with E-state index >= 15 is 0 Å². The fourth-order valence-electron chi connectivity index (χ4n) is 3.02. The van der Waals surface area contributed by atoms with Crippen molar-refractivity contribution in [1.82, 2.24) is 10.3 Å². The molecular formula is C18H25ClN4O4. The molecule has 0 bridgehead atoms. The third kappa shape index (κ3) is 5.01. The van der Waals surface area contributed by atoms with Gasteiger partial charge in [0.1, 0.15) is 11.6 Å². The summed E-state index contributed by atoms with van der Waals surface area (Å²) in [5.41, 5.74) is -0.431. The lowest BCUT2D eigenvalue weighted by molar-refractivity contribution is -0.124. The zero-order valence-electron chi connectivity index (χ0n) is 15.8. The lowest BCUT2D eigenvalue weighted by Gasteiger charge is -2.29. The van der Waals surface area contributed by atoms with Crippen molar-refractivity contribution in [3.8, 4) is 0 Å². The highest BCUT2D eigenvalue weighted by atomic mass is 35.5. The van der Waals surface area contributed by atoms with Crippen LogP contribution in [-0.4, -0.2) is 61.5 Å². The molecule has 0 unspecified atom stereocenters. The van der Waals surface area contributed by atoms with Crippen LogP contribution < -0.4 is 15.1 Å². The molecule has 3 heterocycles. The van der Waals surface area contributed by atoms with E-state index in [1.54, 1.807) is 12.1 Å². The average molecular weight is 397 g/mol. The molecule has 148 valence electrons. The molecule has 2 aliphatic heterocycles. The van der Waals surface area contributed by atoms with Crippen LogP contribution in [0.2, 0.25) is 5.02 Å². The van der Waals surface area contributed by atoms with Crippen molar-refractivity contribution in [2.24, 2.45) is 0 Å². The molecule has 0 saturated carbocycles. The first-order valence-corrected chi connectivity index (χ1v) is 9.41. The van der Waals surface area contributed by atoms with E-state index in [1.807, 2.05) is 20.8 Å². The molecule has 0 aromatic carbocycles. The standard InChI is InChI=1S/C18H25ClN4O4/c1-18(2,3)21-17(25)27-13-4-5-23(16(13)24)15-11-12(19)10-14(20-15)22-6-8-26-9-7-22/h10-11,13H,4-9H2,1-3H3,(H,21,25)/t13-/m1/s1. The molecule has 1 atom stereocenters. The molecule has 2 saturated heterocycles. The van der Waals surface area contributed by atoms with Gasteiger partial charge in [0.25, 0.3) is 5.91 Å². The predicted octanol–water partition coefficient (Wildman–Crippen LogP) is 2.20. The normalized spacial score (nSPS) is 20.7. The molecule has 2 amide bonds. The Balaban J connectivity index is 1.71. The Morgan fingerprint density at radius 1 is 1.26 bits per heavy atom. The minimum absolute atomic E-state index is 0.290. The Labute approximate surface area is 163 Å². The lowest BCUT2D eigenvalue weighted by atomic mass is 10.1. The first kappa shape index (κ1) is 19.7. The van der Waals surface area contributed by atoms with E-state index in [0.29, 0.717) is 42.8 Å². The van der Waals surface area contributed by atoms with Gasteiger partial charge in [-0.25, -0.2) is 9.78 Å². The fraction of sp³-hybridized carbons (Fsp3) is 0.611. The van der Waals surface area contributed by atoms with Gasteiger partial charge in [0.15, 0.2) is 6.10 Å². The van der Waals surface area contributed by atoms with Gasteiger partial charge in [-0.2, -0.15) is 0 Å². The number of nitrogens with zero attached hydrogens (tertiary/aromatic N) is 3. The fourth-order valence-corrected chi connectivity index (χ4v) is 3.21. The molecule has 0 radical (unpaired) electrons. The Hall–Kier alpha value is -2.06. The van der Waals surface area contributed by atoms with E-state index < -0.39 is 17.7 Å². The number of rotatable bonds is 3. The molecule has 2 aliphatic rings. The molecule has 1 aromatic heterocycles. The topological polar surface area (TPSA) is 84.0 Å². The quantitative estimate of drug-likeness (QED) is 0.843. The van der Waals surface area contributed by atoms with Crippen molar-refractivity contribution in [3.63, 3.8) is 0 Å². The van der Waals surface area contributed by atoms with Gasteiger partial charge in [-0.05, 0) is 32.9 Å². The largest absolute Gasteiger partial charge is 0.436 e. The van der Waals surface area contributed by atoms with E-state index in [-0.39, 0.29) is 5.91 Å². The summed E-state index contributed by atoms with van der Waals surface area (Å²) in [7, 11) is 0. The summed E-state index contributed by atoms with van der Waals surface area (Å²) >= 11 is 6.26. The number of hydrogen-bond donors (Lipinski definition) is 1. The number of pyridine rings is 1. The number of ether oxygens (including phenoxy) is 2. The number of nitrogens with one attached hydrogen (secondary N) is 1. The van der Waals surface area contributed by atoms with Crippen molar-refractivity contribution in [3.05, 3.63) is 17.2 Å². The van der Waals surface area contributed by atoms with E-state index in [0.717, 1.165) is 13.1 Å². The highest BCUT2D eigenvalue weighted by Gasteiger charge is 2.37. The van der Waals surface area contributed by atoms with Crippen LogP contribution in [0.4, 0.5) is 16.4 Å². The second-order valence-electron chi connectivity index (χ2n) is 7.65. The summed E-state index contributed by atoms with van der Waals surface area (Å²) in [4.78, 5) is 32.9. The van der Waals surface area contributed by atoms with Crippen LogP contribution in [0.25, 0.3) is 0 Å². The average Bonchev–Trinajstić information content (AvgIpc) is 2.94. The number of amides is 2. The minimum Gasteiger partial charge on any atom is -0.436 e. The summed E-state index contributed by atoms with van der Waals surface area (Å²) in [5, 5.41) is 3.20. The first-order valence-electron chi connectivity index (χ1n) is 9.03. The van der Waals surface area contributed by atoms with Gasteiger partial charge in [-0.3, -0.25) is 9.69 Å². The van der Waals surface area contributed by atoms with Gasteiger partial charge in [0, 0.05) is 36.6 Å². The second-order valence-corrected chi connectivity index (χ2v) is 8.09. The van der Waals surface area contributed by atoms with Crippen LogP contribution >= 0.6 is 11.6 Å². The third-order valence-electron chi connectivity index (χ3n) is 4.26. The zero-order chi connectivity index (χ0) is 19.6. The van der Waals surface area contributed by atoms with Crippen molar-refractivity contribution in [2.75, 3.05) is 42.6 Å². The van der Waals surface area contributed by atoms with Crippen molar-refractivity contribution >= 4 is 35.2 Å². The van der Waals surface area contributed by atoms with Gasteiger partial charge in [-0.15, -0.1) is 0 Å². The Kier molecular flexibility index (Phi) is 5.76. The number of carbonyl (C=O) groups is 2. The number of morpholine rings is 1. The van der Waals surface area contributed by atoms with Crippen LogP contribution in [-0.2, 0) is 14.3 Å². The monoisotopic (exact) mass is 396 g/mol. The van der Waals surface area contributed by atoms with Crippen LogP contribution in [0.1, 0.15) is 27.2 Å².